The van der Waals surface area contributed by atoms with E-state index in [-0.39, 0.29) is 0 Å². The molecule has 1 unspecified atom stereocenters. The molecule has 13 heavy (non-hydrogen) atoms. The van der Waals surface area contributed by atoms with Crippen molar-refractivity contribution in [1.82, 2.24) is 4.90 Å². The van der Waals surface area contributed by atoms with Gasteiger partial charge in [0.2, 0.25) is 0 Å². The summed E-state index contributed by atoms with van der Waals surface area (Å²) in [5.41, 5.74) is 5.82. The van der Waals surface area contributed by atoms with Gasteiger partial charge in [-0.05, 0) is 31.8 Å². The summed E-state index contributed by atoms with van der Waals surface area (Å²) in [6.07, 6.45) is 8.61. The van der Waals surface area contributed by atoms with Gasteiger partial charge in [-0.25, -0.2) is 0 Å². The summed E-state index contributed by atoms with van der Waals surface area (Å²) in [4.78, 5) is 2.57. The molecule has 0 aromatic carbocycles. The Balaban J connectivity index is 1.75. The lowest BCUT2D eigenvalue weighted by Gasteiger charge is -2.39. The summed E-state index contributed by atoms with van der Waals surface area (Å²) in [6, 6.07) is 0.705. The van der Waals surface area contributed by atoms with E-state index in [4.69, 9.17) is 5.73 Å². The van der Waals surface area contributed by atoms with Gasteiger partial charge in [0.05, 0.1) is 0 Å². The molecule has 0 amide bonds. The fourth-order valence-electron chi connectivity index (χ4n) is 2.73. The van der Waals surface area contributed by atoms with Gasteiger partial charge in [-0.15, -0.1) is 0 Å². The highest BCUT2D eigenvalue weighted by molar-refractivity contribution is 4.82. The molecule has 1 saturated heterocycles. The molecule has 2 nitrogen and oxygen atoms in total. The van der Waals surface area contributed by atoms with Gasteiger partial charge in [-0.1, -0.05) is 25.7 Å². The number of nitrogens with zero attached hydrogens (tertiary/aromatic N) is 1. The molecule has 2 rings (SSSR count). The Morgan fingerprint density at radius 1 is 1.15 bits per heavy atom. The van der Waals surface area contributed by atoms with Crippen molar-refractivity contribution in [3.8, 4) is 0 Å². The van der Waals surface area contributed by atoms with E-state index in [2.05, 4.69) is 4.90 Å². The minimum Gasteiger partial charge on any atom is -0.329 e. The van der Waals surface area contributed by atoms with Crippen LogP contribution in [0.1, 0.15) is 38.5 Å². The molecular weight excluding hydrogens is 160 g/mol. The number of likely N-dealkylation sites (tertiary alicyclic amines) is 1. The standard InChI is InChI=1S/C11H22N2/c12-9-11(13-6-3-7-13)8-10-4-1-2-5-10/h10-11H,1-9,12H2. The second-order valence-electron chi connectivity index (χ2n) is 4.67. The van der Waals surface area contributed by atoms with Crippen molar-refractivity contribution in [2.24, 2.45) is 11.7 Å². The number of hydrogen-bond acceptors (Lipinski definition) is 2. The quantitative estimate of drug-likeness (QED) is 0.715. The van der Waals surface area contributed by atoms with Crippen LogP contribution in [-0.2, 0) is 0 Å². The minimum atomic E-state index is 0.705. The molecule has 2 fully saturated rings. The lowest BCUT2D eigenvalue weighted by atomic mass is 9.95. The summed E-state index contributed by atoms with van der Waals surface area (Å²) in [6.45, 7) is 3.47. The largest absolute Gasteiger partial charge is 0.329 e. The van der Waals surface area contributed by atoms with Crippen molar-refractivity contribution in [3.63, 3.8) is 0 Å². The third-order valence-electron chi connectivity index (χ3n) is 3.76. The van der Waals surface area contributed by atoms with Crippen LogP contribution in [0.5, 0.6) is 0 Å². The molecule has 1 aliphatic carbocycles. The summed E-state index contributed by atoms with van der Waals surface area (Å²) in [5, 5.41) is 0. The Bertz CT molecular complexity index is 148. The molecular formula is C11H22N2. The van der Waals surface area contributed by atoms with Crippen LogP contribution in [0.4, 0.5) is 0 Å². The fourth-order valence-corrected chi connectivity index (χ4v) is 2.73. The first-order chi connectivity index (χ1) is 6.40. The third kappa shape index (κ3) is 2.23. The summed E-state index contributed by atoms with van der Waals surface area (Å²) in [7, 11) is 0. The van der Waals surface area contributed by atoms with Gasteiger partial charge in [0.15, 0.2) is 0 Å². The molecule has 2 N–H and O–H groups in total. The van der Waals surface area contributed by atoms with E-state index in [1.54, 1.807) is 0 Å². The molecule has 1 heterocycles. The molecule has 0 radical (unpaired) electrons. The first kappa shape index (κ1) is 9.47. The first-order valence-corrected chi connectivity index (χ1v) is 5.84. The van der Waals surface area contributed by atoms with E-state index >= 15 is 0 Å². The molecule has 1 saturated carbocycles. The van der Waals surface area contributed by atoms with E-state index in [0.29, 0.717) is 6.04 Å². The van der Waals surface area contributed by atoms with Gasteiger partial charge in [0.25, 0.3) is 0 Å². The van der Waals surface area contributed by atoms with Gasteiger partial charge in [-0.2, -0.15) is 0 Å². The smallest absolute Gasteiger partial charge is 0.0221 e. The highest BCUT2D eigenvalue weighted by Crippen LogP contribution is 2.30. The molecule has 0 aromatic rings. The van der Waals surface area contributed by atoms with E-state index in [1.165, 1.54) is 51.6 Å². The second kappa shape index (κ2) is 4.43. The Kier molecular flexibility index (Phi) is 3.23. The Hall–Kier alpha value is -0.0800. The van der Waals surface area contributed by atoms with Crippen LogP contribution < -0.4 is 5.73 Å². The normalized spacial score (nSPS) is 27.5. The highest BCUT2D eigenvalue weighted by Gasteiger charge is 2.26. The average molecular weight is 182 g/mol. The lowest BCUT2D eigenvalue weighted by molar-refractivity contribution is 0.104. The second-order valence-corrected chi connectivity index (χ2v) is 4.67. The number of nitrogens with two attached hydrogens (primary N) is 1. The Morgan fingerprint density at radius 3 is 2.31 bits per heavy atom. The fraction of sp³-hybridized carbons (Fsp3) is 1.00. The molecule has 1 atom stereocenters. The topological polar surface area (TPSA) is 29.3 Å². The zero-order valence-corrected chi connectivity index (χ0v) is 8.54. The molecule has 2 aliphatic rings. The van der Waals surface area contributed by atoms with E-state index in [0.717, 1.165) is 12.5 Å². The van der Waals surface area contributed by atoms with Crippen LogP contribution in [0.25, 0.3) is 0 Å². The molecule has 0 aromatic heterocycles. The number of rotatable bonds is 4. The van der Waals surface area contributed by atoms with Gasteiger partial charge < -0.3 is 5.73 Å². The van der Waals surface area contributed by atoms with E-state index in [1.807, 2.05) is 0 Å². The van der Waals surface area contributed by atoms with Gasteiger partial charge >= 0.3 is 0 Å². The lowest BCUT2D eigenvalue weighted by Crippen LogP contribution is -2.49. The van der Waals surface area contributed by atoms with Crippen molar-refractivity contribution < 1.29 is 0 Å². The molecule has 0 bridgehead atoms. The van der Waals surface area contributed by atoms with Crippen LogP contribution >= 0.6 is 0 Å². The van der Waals surface area contributed by atoms with Gasteiger partial charge in [0.1, 0.15) is 0 Å². The van der Waals surface area contributed by atoms with Crippen LogP contribution in [0, 0.1) is 5.92 Å². The molecule has 1 aliphatic heterocycles. The maximum absolute atomic E-state index is 5.82. The Labute approximate surface area is 81.5 Å². The maximum Gasteiger partial charge on any atom is 0.0221 e. The summed E-state index contributed by atoms with van der Waals surface area (Å²) in [5.74, 6) is 0.995. The van der Waals surface area contributed by atoms with E-state index < -0.39 is 0 Å². The van der Waals surface area contributed by atoms with Crippen molar-refractivity contribution in [2.45, 2.75) is 44.6 Å². The van der Waals surface area contributed by atoms with Crippen LogP contribution in [0.3, 0.4) is 0 Å². The highest BCUT2D eigenvalue weighted by atomic mass is 15.2. The number of hydrogen-bond donors (Lipinski definition) is 1. The zero-order chi connectivity index (χ0) is 9.10. The predicted octanol–water partition coefficient (Wildman–Crippen LogP) is 1.60. The Morgan fingerprint density at radius 2 is 1.85 bits per heavy atom. The predicted molar refractivity (Wildman–Crippen MR) is 55.6 cm³/mol. The zero-order valence-electron chi connectivity index (χ0n) is 8.54. The van der Waals surface area contributed by atoms with Gasteiger partial charge in [-0.3, -0.25) is 4.90 Å². The summed E-state index contributed by atoms with van der Waals surface area (Å²) >= 11 is 0. The average Bonchev–Trinajstić information content (AvgIpc) is 2.52. The van der Waals surface area contributed by atoms with Crippen molar-refractivity contribution in [3.05, 3.63) is 0 Å². The molecule has 0 spiro atoms. The maximum atomic E-state index is 5.82. The van der Waals surface area contributed by atoms with Crippen LogP contribution in [0.15, 0.2) is 0 Å². The third-order valence-corrected chi connectivity index (χ3v) is 3.76. The van der Waals surface area contributed by atoms with Crippen LogP contribution in [0.2, 0.25) is 0 Å². The van der Waals surface area contributed by atoms with E-state index in [9.17, 15) is 0 Å². The molecule has 76 valence electrons. The molecule has 2 heteroatoms. The summed E-state index contributed by atoms with van der Waals surface area (Å²) < 4.78 is 0. The van der Waals surface area contributed by atoms with Crippen molar-refractivity contribution >= 4 is 0 Å². The van der Waals surface area contributed by atoms with Gasteiger partial charge in [0, 0.05) is 12.6 Å². The van der Waals surface area contributed by atoms with Crippen molar-refractivity contribution in [2.75, 3.05) is 19.6 Å². The SMILES string of the molecule is NCC(CC1CCCC1)N1CCC1. The van der Waals surface area contributed by atoms with Crippen molar-refractivity contribution in [1.29, 1.82) is 0 Å². The minimum absolute atomic E-state index is 0.705. The monoisotopic (exact) mass is 182 g/mol. The van der Waals surface area contributed by atoms with Crippen LogP contribution in [-0.4, -0.2) is 30.6 Å². The first-order valence-electron chi connectivity index (χ1n) is 5.84.